The van der Waals surface area contributed by atoms with Gasteiger partial charge in [0.1, 0.15) is 5.75 Å². The Bertz CT molecular complexity index is 722. The van der Waals surface area contributed by atoms with Crippen LogP contribution >= 0.6 is 0 Å². The fourth-order valence-electron chi connectivity index (χ4n) is 2.71. The molecule has 0 spiro atoms. The Morgan fingerprint density at radius 1 is 1.08 bits per heavy atom. The van der Waals surface area contributed by atoms with Crippen LogP contribution in [0.3, 0.4) is 0 Å². The minimum absolute atomic E-state index is 0.102. The third kappa shape index (κ3) is 5.93. The lowest BCUT2D eigenvalue weighted by atomic mass is 10.1. The molecule has 2 aromatic rings. The molecule has 0 aliphatic carbocycles. The molecule has 0 atom stereocenters. The van der Waals surface area contributed by atoms with Crippen LogP contribution in [0, 0.1) is 11.3 Å². The minimum Gasteiger partial charge on any atom is -0.493 e. The molecule has 0 radical (unpaired) electrons. The van der Waals surface area contributed by atoms with E-state index in [0.29, 0.717) is 37.4 Å². The maximum absolute atomic E-state index is 13.1. The molecule has 4 nitrogen and oxygen atoms in total. The molecule has 0 bridgehead atoms. The topological polar surface area (TPSA) is 53.3 Å². The number of benzene rings is 2. The molecular formula is C22H26N2O2. The monoisotopic (exact) mass is 350 g/mol. The quantitative estimate of drug-likeness (QED) is 0.578. The summed E-state index contributed by atoms with van der Waals surface area (Å²) in [7, 11) is 0. The number of rotatable bonds is 10. The Morgan fingerprint density at radius 2 is 1.81 bits per heavy atom. The summed E-state index contributed by atoms with van der Waals surface area (Å²) in [4.78, 5) is 14.8. The standard InChI is InChI=1S/C22H26N2O2/c1-2-3-9-17-26-21-14-8-7-13-20(21)22(25)24(16-10-15-23)18-19-11-5-4-6-12-19/h4-8,11-14H,2-3,9-10,16-18H2,1H3. The molecule has 0 saturated carbocycles. The summed E-state index contributed by atoms with van der Waals surface area (Å²) >= 11 is 0. The Morgan fingerprint density at radius 3 is 2.54 bits per heavy atom. The lowest BCUT2D eigenvalue weighted by Gasteiger charge is -2.23. The van der Waals surface area contributed by atoms with E-state index in [1.165, 1.54) is 0 Å². The molecule has 0 aliphatic heterocycles. The third-order valence-corrected chi connectivity index (χ3v) is 4.12. The van der Waals surface area contributed by atoms with Crippen molar-refractivity contribution < 1.29 is 9.53 Å². The van der Waals surface area contributed by atoms with Crippen LogP contribution in [0.25, 0.3) is 0 Å². The lowest BCUT2D eigenvalue weighted by molar-refractivity contribution is 0.0742. The molecule has 0 N–H and O–H groups in total. The van der Waals surface area contributed by atoms with E-state index in [2.05, 4.69) is 13.0 Å². The molecular weight excluding hydrogens is 324 g/mol. The maximum atomic E-state index is 13.1. The number of nitriles is 1. The van der Waals surface area contributed by atoms with Crippen molar-refractivity contribution in [3.63, 3.8) is 0 Å². The van der Waals surface area contributed by atoms with E-state index in [9.17, 15) is 4.79 Å². The van der Waals surface area contributed by atoms with Gasteiger partial charge in [-0.3, -0.25) is 4.79 Å². The highest BCUT2D eigenvalue weighted by Gasteiger charge is 2.19. The van der Waals surface area contributed by atoms with Crippen LogP contribution in [-0.2, 0) is 6.54 Å². The van der Waals surface area contributed by atoms with Crippen LogP contribution in [0.1, 0.15) is 48.5 Å². The number of hydrogen-bond acceptors (Lipinski definition) is 3. The van der Waals surface area contributed by atoms with Crippen molar-refractivity contribution in [2.75, 3.05) is 13.2 Å². The van der Waals surface area contributed by atoms with E-state index in [4.69, 9.17) is 10.00 Å². The van der Waals surface area contributed by atoms with Crippen molar-refractivity contribution in [2.45, 2.75) is 39.2 Å². The molecule has 136 valence electrons. The second-order valence-corrected chi connectivity index (χ2v) is 6.17. The minimum atomic E-state index is -0.102. The fraction of sp³-hybridized carbons (Fsp3) is 0.364. The van der Waals surface area contributed by atoms with Gasteiger partial charge >= 0.3 is 0 Å². The highest BCUT2D eigenvalue weighted by Crippen LogP contribution is 2.21. The summed E-state index contributed by atoms with van der Waals surface area (Å²) in [6.45, 7) is 3.63. The summed E-state index contributed by atoms with van der Waals surface area (Å²) in [5.41, 5.74) is 1.60. The number of carbonyl (C=O) groups is 1. The molecule has 0 unspecified atom stereocenters. The van der Waals surface area contributed by atoms with Gasteiger partial charge in [0.25, 0.3) is 5.91 Å². The number of carbonyl (C=O) groups excluding carboxylic acids is 1. The summed E-state index contributed by atoms with van der Waals surface area (Å²) in [5, 5.41) is 8.94. The van der Waals surface area contributed by atoms with Crippen molar-refractivity contribution in [2.24, 2.45) is 0 Å². The van der Waals surface area contributed by atoms with Crippen LogP contribution in [0.4, 0.5) is 0 Å². The second-order valence-electron chi connectivity index (χ2n) is 6.17. The van der Waals surface area contributed by atoms with Crippen LogP contribution in [0.5, 0.6) is 5.75 Å². The SMILES string of the molecule is CCCCCOc1ccccc1C(=O)N(CCC#N)Cc1ccccc1. The number of unbranched alkanes of at least 4 members (excludes halogenated alkanes) is 2. The lowest BCUT2D eigenvalue weighted by Crippen LogP contribution is -2.31. The first-order valence-corrected chi connectivity index (χ1v) is 9.18. The number of amides is 1. The molecule has 0 fully saturated rings. The fourth-order valence-corrected chi connectivity index (χ4v) is 2.71. The van der Waals surface area contributed by atoms with Gasteiger partial charge in [-0.2, -0.15) is 5.26 Å². The Labute approximate surface area is 156 Å². The number of para-hydroxylation sites is 1. The van der Waals surface area contributed by atoms with Crippen LogP contribution < -0.4 is 4.74 Å². The molecule has 2 aromatic carbocycles. The first-order valence-electron chi connectivity index (χ1n) is 9.18. The van der Waals surface area contributed by atoms with Gasteiger partial charge in [0.05, 0.1) is 24.7 Å². The molecule has 0 heterocycles. The van der Waals surface area contributed by atoms with Crippen LogP contribution in [0.15, 0.2) is 54.6 Å². The average molecular weight is 350 g/mol. The van der Waals surface area contributed by atoms with E-state index in [1.807, 2.05) is 48.5 Å². The Hall–Kier alpha value is -2.80. The van der Waals surface area contributed by atoms with Crippen LogP contribution in [0.2, 0.25) is 0 Å². The van der Waals surface area contributed by atoms with Gasteiger partial charge in [-0.05, 0) is 24.1 Å². The van der Waals surface area contributed by atoms with E-state index in [-0.39, 0.29) is 5.91 Å². The van der Waals surface area contributed by atoms with E-state index < -0.39 is 0 Å². The summed E-state index contributed by atoms with van der Waals surface area (Å²) in [6, 6.07) is 19.3. The maximum Gasteiger partial charge on any atom is 0.257 e. The molecule has 2 rings (SSSR count). The van der Waals surface area contributed by atoms with Crippen LogP contribution in [-0.4, -0.2) is 24.0 Å². The molecule has 0 aliphatic rings. The number of ether oxygens (including phenoxy) is 1. The van der Waals surface area contributed by atoms with Gasteiger partial charge in [0.15, 0.2) is 0 Å². The molecule has 0 aromatic heterocycles. The largest absolute Gasteiger partial charge is 0.493 e. The van der Waals surface area contributed by atoms with Crippen molar-refractivity contribution >= 4 is 5.91 Å². The van der Waals surface area contributed by atoms with Gasteiger partial charge in [-0.15, -0.1) is 0 Å². The highest BCUT2D eigenvalue weighted by molar-refractivity contribution is 5.96. The Kier molecular flexibility index (Phi) is 8.21. The summed E-state index contributed by atoms with van der Waals surface area (Å²) < 4.78 is 5.85. The third-order valence-electron chi connectivity index (χ3n) is 4.12. The Balaban J connectivity index is 2.15. The molecule has 0 saturated heterocycles. The van der Waals surface area contributed by atoms with Crippen molar-refractivity contribution in [3.05, 3.63) is 65.7 Å². The second kappa shape index (κ2) is 10.9. The summed E-state index contributed by atoms with van der Waals surface area (Å²) in [6.07, 6.45) is 3.51. The average Bonchev–Trinajstić information content (AvgIpc) is 2.69. The van der Waals surface area contributed by atoms with Gasteiger partial charge in [-0.1, -0.05) is 62.2 Å². The van der Waals surface area contributed by atoms with E-state index in [1.54, 1.807) is 11.0 Å². The zero-order valence-corrected chi connectivity index (χ0v) is 15.4. The molecule has 1 amide bonds. The number of nitrogens with zero attached hydrogens (tertiary/aromatic N) is 2. The van der Waals surface area contributed by atoms with Gasteiger partial charge < -0.3 is 9.64 Å². The van der Waals surface area contributed by atoms with Gasteiger partial charge in [-0.25, -0.2) is 0 Å². The molecule has 4 heteroatoms. The number of hydrogen-bond donors (Lipinski definition) is 0. The van der Waals surface area contributed by atoms with E-state index >= 15 is 0 Å². The van der Waals surface area contributed by atoms with Crippen molar-refractivity contribution in [1.29, 1.82) is 5.26 Å². The first kappa shape index (κ1) is 19.5. The highest BCUT2D eigenvalue weighted by atomic mass is 16.5. The van der Waals surface area contributed by atoms with E-state index in [0.717, 1.165) is 24.8 Å². The van der Waals surface area contributed by atoms with Crippen molar-refractivity contribution in [1.82, 2.24) is 4.90 Å². The predicted octanol–water partition coefficient (Wildman–Crippen LogP) is 4.81. The molecule has 26 heavy (non-hydrogen) atoms. The van der Waals surface area contributed by atoms with Crippen molar-refractivity contribution in [3.8, 4) is 11.8 Å². The first-order chi connectivity index (χ1) is 12.8. The zero-order valence-electron chi connectivity index (χ0n) is 15.4. The van der Waals surface area contributed by atoms with Gasteiger partial charge in [0, 0.05) is 13.1 Å². The summed E-state index contributed by atoms with van der Waals surface area (Å²) in [5.74, 6) is 0.513. The smallest absolute Gasteiger partial charge is 0.257 e. The zero-order chi connectivity index (χ0) is 18.6. The normalized spacial score (nSPS) is 10.2. The predicted molar refractivity (Wildman–Crippen MR) is 103 cm³/mol. The van der Waals surface area contributed by atoms with Gasteiger partial charge in [0.2, 0.25) is 0 Å².